The molecule has 4 aliphatic carbocycles. The lowest BCUT2D eigenvalue weighted by Crippen LogP contribution is -2.61. The Morgan fingerprint density at radius 1 is 1.02 bits per heavy atom. The summed E-state index contributed by atoms with van der Waals surface area (Å²) in [6.07, 6.45) is 12.5. The molecule has 5 unspecified atom stereocenters. The van der Waals surface area contributed by atoms with Crippen molar-refractivity contribution in [3.05, 3.63) is 18.5 Å². The molecule has 0 bridgehead atoms. The summed E-state index contributed by atoms with van der Waals surface area (Å²) in [4.78, 5) is 25.2. The number of carbonyl (C=O) groups is 2. The highest BCUT2D eigenvalue weighted by atomic mass is 16.6. The van der Waals surface area contributed by atoms with Gasteiger partial charge in [0, 0.05) is 43.1 Å². The summed E-state index contributed by atoms with van der Waals surface area (Å²) < 4.78 is 20.7. The van der Waals surface area contributed by atoms with E-state index in [1.165, 1.54) is 30.9 Å². The maximum atomic E-state index is 13.5. The number of aromatic nitrogens is 2. The zero-order chi connectivity index (χ0) is 28.7. The van der Waals surface area contributed by atoms with Crippen molar-refractivity contribution in [3.63, 3.8) is 0 Å². The van der Waals surface area contributed by atoms with Gasteiger partial charge in [-0.2, -0.15) is 9.78 Å². The number of nitrogens with one attached hydrogen (secondary N) is 1. The van der Waals surface area contributed by atoms with Crippen LogP contribution in [0.3, 0.4) is 0 Å². The molecule has 1 N–H and O–H groups in total. The first-order valence-corrected chi connectivity index (χ1v) is 16.4. The standard InChI is InChI=1S/C33H49N3O5/c1-19-9-12-33(34-18-19)20(2)29-27(41-33)16-26-24-8-7-22-15-23(39-21(3)37)10-11-31(22,4)25(24)17-28(32(26,29)5)40-30(38)36-14-6-13-35-36/h6,13-14,19-20,22-29,34H,7-12,15-18H2,1-5H3/t19?,20-,22-,23-,24?,25?,26?,27-,28+,29?,31-,32+,33+/m0/s1. The minimum atomic E-state index is -0.371. The molecule has 6 fully saturated rings. The molecule has 1 aromatic heterocycles. The molecule has 2 saturated heterocycles. The number of ether oxygens (including phenoxy) is 3. The number of carbonyl (C=O) groups excluding carboxylic acids is 2. The van der Waals surface area contributed by atoms with Crippen molar-refractivity contribution in [2.24, 2.45) is 52.3 Å². The maximum Gasteiger partial charge on any atom is 0.434 e. The lowest BCUT2D eigenvalue weighted by Gasteiger charge is -2.62. The SMILES string of the molecule is CC(=O)O[C@H]1CC[C@]2(C)C3C[C@@H](OC(=O)n4cccn4)[C@@]4(C)C(C[C@@H]5O[C@]6(CCC(C)CN6)[C@@H](C)C54)C3CC[C@H]2C1. The Balaban J connectivity index is 1.21. The van der Waals surface area contributed by atoms with E-state index in [2.05, 4.69) is 38.1 Å². The number of rotatable bonds is 2. The number of piperidine rings is 1. The van der Waals surface area contributed by atoms with Crippen molar-refractivity contribution in [2.75, 3.05) is 6.54 Å². The van der Waals surface area contributed by atoms with E-state index in [1.54, 1.807) is 18.5 Å². The van der Waals surface area contributed by atoms with E-state index in [0.29, 0.717) is 41.4 Å². The van der Waals surface area contributed by atoms with Crippen LogP contribution in [0.15, 0.2) is 18.5 Å². The van der Waals surface area contributed by atoms with Gasteiger partial charge in [-0.3, -0.25) is 10.1 Å². The zero-order valence-electron chi connectivity index (χ0n) is 25.5. The second-order valence-corrected chi connectivity index (χ2v) is 15.2. The minimum Gasteiger partial charge on any atom is -0.463 e. The monoisotopic (exact) mass is 567 g/mol. The quantitative estimate of drug-likeness (QED) is 0.452. The molecule has 3 heterocycles. The molecule has 0 amide bonds. The van der Waals surface area contributed by atoms with E-state index in [0.717, 1.165) is 45.1 Å². The van der Waals surface area contributed by atoms with Gasteiger partial charge < -0.3 is 14.2 Å². The molecule has 226 valence electrons. The molecule has 0 aromatic carbocycles. The van der Waals surface area contributed by atoms with Gasteiger partial charge in [-0.15, -0.1) is 0 Å². The van der Waals surface area contributed by atoms with Crippen LogP contribution in [0.5, 0.6) is 0 Å². The fourth-order valence-corrected chi connectivity index (χ4v) is 11.4. The second-order valence-electron chi connectivity index (χ2n) is 15.2. The van der Waals surface area contributed by atoms with Crippen molar-refractivity contribution in [1.29, 1.82) is 0 Å². The molecule has 1 aromatic rings. The molecule has 2 aliphatic heterocycles. The molecular weight excluding hydrogens is 518 g/mol. The summed E-state index contributed by atoms with van der Waals surface area (Å²) >= 11 is 0. The van der Waals surface area contributed by atoms with Gasteiger partial charge in [0.05, 0.1) is 6.10 Å². The normalized spacial score (nSPS) is 50.4. The molecule has 4 saturated carbocycles. The molecule has 0 radical (unpaired) electrons. The molecule has 8 heteroatoms. The van der Waals surface area contributed by atoms with Gasteiger partial charge in [-0.05, 0) is 98.9 Å². The van der Waals surface area contributed by atoms with Crippen LogP contribution in [-0.4, -0.2) is 52.4 Å². The van der Waals surface area contributed by atoms with Gasteiger partial charge in [-0.1, -0.05) is 27.7 Å². The largest absolute Gasteiger partial charge is 0.463 e. The molecular formula is C33H49N3O5. The van der Waals surface area contributed by atoms with E-state index in [9.17, 15) is 9.59 Å². The van der Waals surface area contributed by atoms with E-state index >= 15 is 0 Å². The Morgan fingerprint density at radius 3 is 2.56 bits per heavy atom. The van der Waals surface area contributed by atoms with Crippen LogP contribution < -0.4 is 5.32 Å². The predicted octanol–water partition coefficient (Wildman–Crippen LogP) is 5.80. The van der Waals surface area contributed by atoms with E-state index in [1.807, 2.05) is 0 Å². The van der Waals surface area contributed by atoms with Crippen molar-refractivity contribution in [3.8, 4) is 0 Å². The summed E-state index contributed by atoms with van der Waals surface area (Å²) in [5, 5.41) is 8.06. The number of nitrogens with zero attached hydrogens (tertiary/aromatic N) is 2. The molecule has 7 rings (SSSR count). The fraction of sp³-hybridized carbons (Fsp3) is 0.848. The topological polar surface area (TPSA) is 91.7 Å². The highest BCUT2D eigenvalue weighted by Gasteiger charge is 2.72. The van der Waals surface area contributed by atoms with E-state index < -0.39 is 0 Å². The van der Waals surface area contributed by atoms with E-state index in [4.69, 9.17) is 14.2 Å². The van der Waals surface area contributed by atoms with Crippen LogP contribution in [0.25, 0.3) is 0 Å². The van der Waals surface area contributed by atoms with E-state index in [-0.39, 0.29) is 46.9 Å². The van der Waals surface area contributed by atoms with Crippen molar-refractivity contribution < 1.29 is 23.8 Å². The fourth-order valence-electron chi connectivity index (χ4n) is 11.4. The summed E-state index contributed by atoms with van der Waals surface area (Å²) in [6, 6.07) is 1.77. The second kappa shape index (κ2) is 9.80. The summed E-state index contributed by atoms with van der Waals surface area (Å²) in [5.74, 6) is 3.26. The number of hydrogen-bond acceptors (Lipinski definition) is 7. The Bertz CT molecular complexity index is 1160. The minimum absolute atomic E-state index is 0.0337. The van der Waals surface area contributed by atoms with Gasteiger partial charge in [0.1, 0.15) is 17.9 Å². The van der Waals surface area contributed by atoms with Crippen LogP contribution in [0.1, 0.15) is 92.4 Å². The Labute approximate surface area is 244 Å². The van der Waals surface area contributed by atoms with Crippen molar-refractivity contribution >= 4 is 12.1 Å². The maximum absolute atomic E-state index is 13.5. The number of esters is 1. The van der Waals surface area contributed by atoms with Crippen molar-refractivity contribution in [1.82, 2.24) is 15.1 Å². The van der Waals surface area contributed by atoms with Crippen LogP contribution >= 0.6 is 0 Å². The average molecular weight is 568 g/mol. The Hall–Kier alpha value is -1.93. The summed E-state index contributed by atoms with van der Waals surface area (Å²) in [6.45, 7) is 12.2. The molecule has 6 aliphatic rings. The van der Waals surface area contributed by atoms with Crippen LogP contribution in [-0.2, 0) is 19.0 Å². The average Bonchev–Trinajstić information content (AvgIpc) is 3.63. The van der Waals surface area contributed by atoms with Gasteiger partial charge in [0.15, 0.2) is 0 Å². The van der Waals surface area contributed by atoms with Crippen LogP contribution in [0.4, 0.5) is 4.79 Å². The summed E-state index contributed by atoms with van der Waals surface area (Å²) in [5.41, 5.74) is -0.258. The van der Waals surface area contributed by atoms with Crippen LogP contribution in [0, 0.1) is 52.3 Å². The lowest BCUT2D eigenvalue weighted by molar-refractivity contribution is -0.184. The third-order valence-corrected chi connectivity index (χ3v) is 13.4. The van der Waals surface area contributed by atoms with Crippen LogP contribution in [0.2, 0.25) is 0 Å². The highest BCUT2D eigenvalue weighted by Crippen LogP contribution is 2.71. The first-order valence-electron chi connectivity index (χ1n) is 16.4. The van der Waals surface area contributed by atoms with Gasteiger partial charge in [0.25, 0.3) is 0 Å². The van der Waals surface area contributed by atoms with Crippen molar-refractivity contribution in [2.45, 2.75) is 116 Å². The summed E-state index contributed by atoms with van der Waals surface area (Å²) in [7, 11) is 0. The smallest absolute Gasteiger partial charge is 0.434 e. The Kier molecular flexibility index (Phi) is 6.66. The van der Waals surface area contributed by atoms with Gasteiger partial charge in [0.2, 0.25) is 0 Å². The number of hydrogen-bond donors (Lipinski definition) is 1. The highest BCUT2D eigenvalue weighted by molar-refractivity contribution is 5.69. The lowest BCUT2D eigenvalue weighted by atomic mass is 9.43. The molecule has 8 nitrogen and oxygen atoms in total. The third kappa shape index (κ3) is 4.16. The molecule has 1 spiro atoms. The third-order valence-electron chi connectivity index (χ3n) is 13.4. The predicted molar refractivity (Wildman–Crippen MR) is 153 cm³/mol. The van der Waals surface area contributed by atoms with Gasteiger partial charge in [-0.25, -0.2) is 4.79 Å². The first-order chi connectivity index (χ1) is 19.5. The molecule has 13 atom stereocenters. The Morgan fingerprint density at radius 2 is 1.85 bits per heavy atom. The zero-order valence-corrected chi connectivity index (χ0v) is 25.5. The molecule has 41 heavy (non-hydrogen) atoms. The van der Waals surface area contributed by atoms with Gasteiger partial charge >= 0.3 is 12.1 Å². The number of fused-ring (bicyclic) bond motifs is 7. The first kappa shape index (κ1) is 27.9.